The summed E-state index contributed by atoms with van der Waals surface area (Å²) in [7, 11) is 0. The fourth-order valence-electron chi connectivity index (χ4n) is 3.65. The van der Waals surface area contributed by atoms with E-state index in [0.29, 0.717) is 18.9 Å². The first-order chi connectivity index (χ1) is 13.8. The van der Waals surface area contributed by atoms with Crippen molar-refractivity contribution in [3.63, 3.8) is 0 Å². The summed E-state index contributed by atoms with van der Waals surface area (Å²) in [6.45, 7) is 2.89. The van der Waals surface area contributed by atoms with E-state index >= 15 is 0 Å². The highest BCUT2D eigenvalue weighted by Gasteiger charge is 2.21. The van der Waals surface area contributed by atoms with Crippen molar-refractivity contribution < 1.29 is 14.3 Å². The number of H-pyrrole nitrogens is 1. The molecule has 0 aliphatic carbocycles. The summed E-state index contributed by atoms with van der Waals surface area (Å²) in [6.07, 6.45) is 4.79. The zero-order valence-corrected chi connectivity index (χ0v) is 16.3. The van der Waals surface area contributed by atoms with Crippen LogP contribution in [0.4, 0.5) is 0 Å². The van der Waals surface area contributed by atoms with Gasteiger partial charge in [0.15, 0.2) is 11.5 Å². The second-order valence-electron chi connectivity index (χ2n) is 7.08. The topological polar surface area (TPSA) is 67.5 Å². The van der Waals surface area contributed by atoms with E-state index in [1.807, 2.05) is 34.7 Å². The standard InChI is InChI=1S/C21H21N3O3S/c25-21(24-5-1-2-6-24)16-11-15(12-22-16)17-13-28-20(23-17)10-14-3-4-18-19(9-14)27-8-7-26-18/h3-4,9,11-13,22H,1-2,5-8,10H2. The van der Waals surface area contributed by atoms with Gasteiger partial charge in [-0.3, -0.25) is 4.79 Å². The Morgan fingerprint density at radius 1 is 1.14 bits per heavy atom. The summed E-state index contributed by atoms with van der Waals surface area (Å²) >= 11 is 1.63. The molecule has 1 aromatic carbocycles. The third-order valence-electron chi connectivity index (χ3n) is 5.12. The van der Waals surface area contributed by atoms with E-state index in [9.17, 15) is 4.79 Å². The third kappa shape index (κ3) is 3.38. The molecule has 0 bridgehead atoms. The number of carbonyl (C=O) groups excluding carboxylic acids is 1. The summed E-state index contributed by atoms with van der Waals surface area (Å²) < 4.78 is 11.2. The number of aromatic nitrogens is 2. The Bertz CT molecular complexity index is 1000. The number of nitrogens with one attached hydrogen (secondary N) is 1. The Morgan fingerprint density at radius 2 is 1.96 bits per heavy atom. The average molecular weight is 395 g/mol. The van der Waals surface area contributed by atoms with Gasteiger partial charge in [-0.25, -0.2) is 4.98 Å². The predicted octanol–water partition coefficient (Wildman–Crippen LogP) is 3.74. The van der Waals surface area contributed by atoms with Crippen LogP contribution in [0.2, 0.25) is 0 Å². The largest absolute Gasteiger partial charge is 0.486 e. The Labute approximate surface area is 167 Å². The fourth-order valence-corrected chi connectivity index (χ4v) is 4.49. The lowest BCUT2D eigenvalue weighted by molar-refractivity contribution is 0.0788. The lowest BCUT2D eigenvalue weighted by Crippen LogP contribution is -2.27. The number of carbonyl (C=O) groups is 1. The summed E-state index contributed by atoms with van der Waals surface area (Å²) in [5.41, 5.74) is 3.63. The first-order valence-corrected chi connectivity index (χ1v) is 10.5. The first-order valence-electron chi connectivity index (χ1n) is 9.57. The molecule has 6 nitrogen and oxygen atoms in total. The quantitative estimate of drug-likeness (QED) is 0.731. The smallest absolute Gasteiger partial charge is 0.270 e. The molecule has 0 unspecified atom stereocenters. The summed E-state index contributed by atoms with van der Waals surface area (Å²) in [4.78, 5) is 22.3. The molecule has 28 heavy (non-hydrogen) atoms. The lowest BCUT2D eigenvalue weighted by atomic mass is 10.1. The zero-order chi connectivity index (χ0) is 18.9. The number of fused-ring (bicyclic) bond motifs is 1. The minimum absolute atomic E-state index is 0.0791. The van der Waals surface area contributed by atoms with Gasteiger partial charge in [0.05, 0.1) is 10.7 Å². The van der Waals surface area contributed by atoms with Crippen molar-refractivity contribution in [3.05, 3.63) is 52.1 Å². The SMILES string of the molecule is O=C(c1cc(-c2csc(Cc3ccc4c(c3)OCCO4)n2)c[nH]1)N1CCCC1. The van der Waals surface area contributed by atoms with E-state index in [0.717, 1.165) is 65.7 Å². The molecule has 0 radical (unpaired) electrons. The second kappa shape index (κ2) is 7.31. The number of likely N-dealkylation sites (tertiary alicyclic amines) is 1. The van der Waals surface area contributed by atoms with Gasteiger partial charge >= 0.3 is 0 Å². The molecular formula is C21H21N3O3S. The Morgan fingerprint density at radius 3 is 2.82 bits per heavy atom. The van der Waals surface area contributed by atoms with Gasteiger partial charge in [0.2, 0.25) is 0 Å². The van der Waals surface area contributed by atoms with Crippen molar-refractivity contribution in [1.29, 1.82) is 0 Å². The van der Waals surface area contributed by atoms with Crippen molar-refractivity contribution in [2.75, 3.05) is 26.3 Å². The molecule has 2 aromatic heterocycles. The van der Waals surface area contributed by atoms with Crippen LogP contribution >= 0.6 is 11.3 Å². The summed E-state index contributed by atoms with van der Waals surface area (Å²) in [6, 6.07) is 7.95. The number of rotatable bonds is 4. The highest BCUT2D eigenvalue weighted by atomic mass is 32.1. The molecule has 0 saturated carbocycles. The van der Waals surface area contributed by atoms with Crippen molar-refractivity contribution in [2.24, 2.45) is 0 Å². The van der Waals surface area contributed by atoms with E-state index in [1.165, 1.54) is 0 Å². The molecule has 7 heteroatoms. The number of aromatic amines is 1. The molecule has 0 spiro atoms. The Kier molecular flexibility index (Phi) is 4.52. The molecule has 1 saturated heterocycles. The number of amides is 1. The Hall–Kier alpha value is -2.80. The maximum absolute atomic E-state index is 12.5. The van der Waals surface area contributed by atoms with Crippen LogP contribution in [-0.2, 0) is 6.42 Å². The van der Waals surface area contributed by atoms with Gasteiger partial charge in [0.25, 0.3) is 5.91 Å². The van der Waals surface area contributed by atoms with Crippen molar-refractivity contribution in [1.82, 2.24) is 14.9 Å². The molecule has 1 amide bonds. The molecule has 5 rings (SSSR count). The first kappa shape index (κ1) is 17.3. The number of ether oxygens (including phenoxy) is 2. The van der Waals surface area contributed by atoms with Gasteiger partial charge in [0, 0.05) is 36.7 Å². The van der Waals surface area contributed by atoms with Gasteiger partial charge in [0.1, 0.15) is 18.9 Å². The molecule has 4 heterocycles. The maximum Gasteiger partial charge on any atom is 0.270 e. The van der Waals surface area contributed by atoms with E-state index in [-0.39, 0.29) is 5.91 Å². The predicted molar refractivity (Wildman–Crippen MR) is 107 cm³/mol. The fraction of sp³-hybridized carbons (Fsp3) is 0.333. The molecule has 1 fully saturated rings. The maximum atomic E-state index is 12.5. The van der Waals surface area contributed by atoms with Gasteiger partial charge < -0.3 is 19.4 Å². The summed E-state index contributed by atoms with van der Waals surface area (Å²) in [5, 5.41) is 3.07. The van der Waals surface area contributed by atoms with Crippen molar-refractivity contribution >= 4 is 17.2 Å². The average Bonchev–Trinajstić information content (AvgIpc) is 3.48. The minimum atomic E-state index is 0.0791. The van der Waals surface area contributed by atoms with Crippen LogP contribution < -0.4 is 9.47 Å². The molecule has 0 atom stereocenters. The number of thiazole rings is 1. The van der Waals surface area contributed by atoms with Crippen LogP contribution in [0.3, 0.4) is 0 Å². The monoisotopic (exact) mass is 395 g/mol. The van der Waals surface area contributed by atoms with E-state index in [4.69, 9.17) is 14.5 Å². The van der Waals surface area contributed by atoms with Crippen LogP contribution in [0.1, 0.15) is 33.9 Å². The normalized spacial score (nSPS) is 15.8. The highest BCUT2D eigenvalue weighted by Crippen LogP contribution is 2.32. The van der Waals surface area contributed by atoms with Crippen LogP contribution in [0.25, 0.3) is 11.3 Å². The number of nitrogens with zero attached hydrogens (tertiary/aromatic N) is 2. The number of hydrogen-bond donors (Lipinski definition) is 1. The molecule has 3 aromatic rings. The van der Waals surface area contributed by atoms with Gasteiger partial charge in [-0.1, -0.05) is 6.07 Å². The van der Waals surface area contributed by atoms with Crippen molar-refractivity contribution in [3.8, 4) is 22.8 Å². The lowest BCUT2D eigenvalue weighted by Gasteiger charge is -2.18. The molecule has 144 valence electrons. The van der Waals surface area contributed by atoms with Crippen LogP contribution in [0.15, 0.2) is 35.8 Å². The Balaban J connectivity index is 1.30. The van der Waals surface area contributed by atoms with Crippen LogP contribution in [0.5, 0.6) is 11.5 Å². The molecule has 1 N–H and O–H groups in total. The van der Waals surface area contributed by atoms with E-state index in [2.05, 4.69) is 11.1 Å². The third-order valence-corrected chi connectivity index (χ3v) is 5.96. The second-order valence-corrected chi connectivity index (χ2v) is 8.03. The minimum Gasteiger partial charge on any atom is -0.486 e. The van der Waals surface area contributed by atoms with Crippen LogP contribution in [0, 0.1) is 0 Å². The summed E-state index contributed by atoms with van der Waals surface area (Å²) in [5.74, 6) is 1.68. The molecule has 2 aliphatic heterocycles. The van der Waals surface area contributed by atoms with Crippen molar-refractivity contribution in [2.45, 2.75) is 19.3 Å². The highest BCUT2D eigenvalue weighted by molar-refractivity contribution is 7.10. The van der Waals surface area contributed by atoms with E-state index in [1.54, 1.807) is 11.3 Å². The number of hydrogen-bond acceptors (Lipinski definition) is 5. The van der Waals surface area contributed by atoms with E-state index < -0.39 is 0 Å². The molecule has 2 aliphatic rings. The van der Waals surface area contributed by atoms with Gasteiger partial charge in [-0.2, -0.15) is 0 Å². The zero-order valence-electron chi connectivity index (χ0n) is 15.4. The molecular weight excluding hydrogens is 374 g/mol. The number of benzene rings is 1. The van der Waals surface area contributed by atoms with Gasteiger partial charge in [-0.05, 0) is 36.6 Å². The van der Waals surface area contributed by atoms with Gasteiger partial charge in [-0.15, -0.1) is 11.3 Å². The van der Waals surface area contributed by atoms with Crippen LogP contribution in [-0.4, -0.2) is 47.1 Å².